The van der Waals surface area contributed by atoms with Crippen LogP contribution in [0.2, 0.25) is 0 Å². The highest BCUT2D eigenvalue weighted by Gasteiger charge is 2.50. The van der Waals surface area contributed by atoms with Gasteiger partial charge in [-0.3, -0.25) is 4.79 Å². The number of benzene rings is 2. The smallest absolute Gasteiger partial charge is 0.224 e. The molecule has 1 aromatic heterocycles. The number of carbonyl (C=O) groups is 1. The topological polar surface area (TPSA) is 42.2 Å². The van der Waals surface area contributed by atoms with E-state index in [0.29, 0.717) is 6.54 Å². The van der Waals surface area contributed by atoms with Gasteiger partial charge in [-0.2, -0.15) is 0 Å². The minimum absolute atomic E-state index is 0.0558. The predicted molar refractivity (Wildman–Crippen MR) is 99.8 cm³/mol. The molecule has 3 nitrogen and oxygen atoms in total. The van der Waals surface area contributed by atoms with Crippen molar-refractivity contribution in [1.29, 1.82) is 0 Å². The van der Waals surface area contributed by atoms with Crippen LogP contribution in [0.25, 0.3) is 0 Å². The van der Waals surface area contributed by atoms with Crippen molar-refractivity contribution in [1.82, 2.24) is 5.32 Å². The van der Waals surface area contributed by atoms with Crippen molar-refractivity contribution < 1.29 is 9.21 Å². The van der Waals surface area contributed by atoms with Gasteiger partial charge in [-0.25, -0.2) is 0 Å². The molecule has 130 valence electrons. The van der Waals surface area contributed by atoms with Gasteiger partial charge in [0.1, 0.15) is 5.76 Å². The first-order valence-corrected chi connectivity index (χ1v) is 9.23. The molecule has 1 N–H and O–H groups in total. The van der Waals surface area contributed by atoms with E-state index >= 15 is 0 Å². The maximum atomic E-state index is 13.2. The first-order chi connectivity index (χ1) is 12.8. The fourth-order valence-corrected chi connectivity index (χ4v) is 5.05. The number of rotatable bonds is 3. The van der Waals surface area contributed by atoms with E-state index in [2.05, 4.69) is 60.8 Å². The number of carbonyl (C=O) groups excluding carboxylic acids is 1. The lowest BCUT2D eigenvalue weighted by Crippen LogP contribution is -2.46. The molecule has 1 heterocycles. The quantitative estimate of drug-likeness (QED) is 0.764. The summed E-state index contributed by atoms with van der Waals surface area (Å²) in [5, 5.41) is 3.10. The second-order valence-corrected chi connectivity index (χ2v) is 7.40. The van der Waals surface area contributed by atoms with Gasteiger partial charge in [0.25, 0.3) is 0 Å². The molecular formula is C23H21NO2. The van der Waals surface area contributed by atoms with E-state index in [4.69, 9.17) is 4.42 Å². The standard InChI is InChI=1S/C23H21NO2/c1-14-20-16-8-2-4-10-18(16)22(19-11-5-3-9-17(19)20)21(14)23(25)24-13-15-7-6-12-26-15/h2-12,14,20-22H,13H2,1H3,(H,24,25)/t14-,20?,21+,22?/m1/s1. The van der Waals surface area contributed by atoms with Crippen LogP contribution in [0.3, 0.4) is 0 Å². The van der Waals surface area contributed by atoms with Crippen LogP contribution in [0.4, 0.5) is 0 Å². The fourth-order valence-electron chi connectivity index (χ4n) is 5.05. The Morgan fingerprint density at radius 2 is 1.46 bits per heavy atom. The molecule has 0 unspecified atom stereocenters. The molecule has 2 atom stereocenters. The van der Waals surface area contributed by atoms with Crippen LogP contribution in [-0.4, -0.2) is 5.91 Å². The van der Waals surface area contributed by atoms with Crippen LogP contribution in [0, 0.1) is 11.8 Å². The van der Waals surface area contributed by atoms with E-state index in [9.17, 15) is 4.79 Å². The Morgan fingerprint density at radius 3 is 2.00 bits per heavy atom. The first-order valence-electron chi connectivity index (χ1n) is 9.23. The van der Waals surface area contributed by atoms with Gasteiger partial charge in [0.15, 0.2) is 0 Å². The third-order valence-corrected chi connectivity index (χ3v) is 6.10. The molecule has 3 aromatic rings. The zero-order chi connectivity index (χ0) is 17.7. The molecule has 6 rings (SSSR count). The van der Waals surface area contributed by atoms with Crippen LogP contribution < -0.4 is 5.32 Å². The van der Waals surface area contributed by atoms with Crippen LogP contribution in [0.1, 0.15) is 46.8 Å². The predicted octanol–water partition coefficient (Wildman–Crippen LogP) is 4.44. The summed E-state index contributed by atoms with van der Waals surface area (Å²) in [6.45, 7) is 2.66. The number of hydrogen-bond donors (Lipinski definition) is 1. The monoisotopic (exact) mass is 343 g/mol. The lowest BCUT2D eigenvalue weighted by Gasteiger charge is -2.49. The molecule has 1 amide bonds. The first kappa shape index (κ1) is 15.4. The van der Waals surface area contributed by atoms with Crippen LogP contribution in [-0.2, 0) is 11.3 Å². The maximum absolute atomic E-state index is 13.2. The molecule has 3 heteroatoms. The van der Waals surface area contributed by atoms with Crippen LogP contribution >= 0.6 is 0 Å². The van der Waals surface area contributed by atoms with Gasteiger partial charge in [-0.15, -0.1) is 0 Å². The summed E-state index contributed by atoms with van der Waals surface area (Å²) < 4.78 is 5.36. The number of nitrogens with one attached hydrogen (secondary N) is 1. The van der Waals surface area contributed by atoms with Gasteiger partial charge >= 0.3 is 0 Å². The van der Waals surface area contributed by atoms with Crippen molar-refractivity contribution in [3.8, 4) is 0 Å². The molecule has 0 saturated carbocycles. The Balaban J connectivity index is 1.55. The lowest BCUT2D eigenvalue weighted by molar-refractivity contribution is -0.128. The third kappa shape index (κ3) is 2.16. The Morgan fingerprint density at radius 1 is 0.885 bits per heavy atom. The summed E-state index contributed by atoms with van der Waals surface area (Å²) in [7, 11) is 0. The van der Waals surface area contributed by atoms with Crippen molar-refractivity contribution >= 4 is 5.91 Å². The molecule has 3 aliphatic carbocycles. The Hall–Kier alpha value is -2.81. The normalized spacial score (nSPS) is 25.4. The van der Waals surface area contributed by atoms with E-state index in [1.54, 1.807) is 6.26 Å². The largest absolute Gasteiger partial charge is 0.467 e. The van der Waals surface area contributed by atoms with E-state index < -0.39 is 0 Å². The minimum atomic E-state index is -0.0558. The summed E-state index contributed by atoms with van der Waals surface area (Å²) in [5.41, 5.74) is 5.40. The van der Waals surface area contributed by atoms with Crippen molar-refractivity contribution in [3.63, 3.8) is 0 Å². The third-order valence-electron chi connectivity index (χ3n) is 6.10. The number of furan rings is 1. The second kappa shape index (κ2) is 5.87. The summed E-state index contributed by atoms with van der Waals surface area (Å²) >= 11 is 0. The highest BCUT2D eigenvalue weighted by molar-refractivity contribution is 5.83. The van der Waals surface area contributed by atoms with Gasteiger partial charge in [-0.1, -0.05) is 55.5 Å². The molecule has 0 spiro atoms. The zero-order valence-electron chi connectivity index (χ0n) is 14.7. The highest BCUT2D eigenvalue weighted by Crippen LogP contribution is 2.58. The fraction of sp³-hybridized carbons (Fsp3) is 0.261. The van der Waals surface area contributed by atoms with Gasteiger partial charge in [0.05, 0.1) is 18.7 Å². The summed E-state index contributed by atoms with van der Waals surface area (Å²) in [6, 6.07) is 21.0. The van der Waals surface area contributed by atoms with Gasteiger partial charge in [-0.05, 0) is 40.3 Å². The Labute approximate surface area is 153 Å². The molecule has 26 heavy (non-hydrogen) atoms. The highest BCUT2D eigenvalue weighted by atomic mass is 16.3. The molecule has 2 bridgehead atoms. The summed E-state index contributed by atoms with van der Waals surface area (Å²) in [4.78, 5) is 13.2. The van der Waals surface area contributed by atoms with Crippen molar-refractivity contribution in [2.45, 2.75) is 25.3 Å². The summed E-state index contributed by atoms with van der Waals surface area (Å²) in [6.07, 6.45) is 1.64. The average molecular weight is 343 g/mol. The molecule has 0 fully saturated rings. The van der Waals surface area contributed by atoms with Crippen LogP contribution in [0.15, 0.2) is 71.3 Å². The van der Waals surface area contributed by atoms with Crippen molar-refractivity contribution in [2.24, 2.45) is 11.8 Å². The Kier molecular flexibility index (Phi) is 3.49. The maximum Gasteiger partial charge on any atom is 0.224 e. The number of amides is 1. The molecule has 0 radical (unpaired) electrons. The Bertz CT molecular complexity index is 912. The molecule has 0 aliphatic heterocycles. The lowest BCUT2D eigenvalue weighted by atomic mass is 9.54. The summed E-state index contributed by atoms with van der Waals surface area (Å²) in [5.74, 6) is 1.52. The zero-order valence-corrected chi connectivity index (χ0v) is 14.7. The van der Waals surface area contributed by atoms with E-state index in [0.717, 1.165) is 5.76 Å². The van der Waals surface area contributed by atoms with Gasteiger partial charge < -0.3 is 9.73 Å². The van der Waals surface area contributed by atoms with E-state index in [1.807, 2.05) is 12.1 Å². The van der Waals surface area contributed by atoms with Crippen LogP contribution in [0.5, 0.6) is 0 Å². The molecule has 0 saturated heterocycles. The van der Waals surface area contributed by atoms with E-state index in [1.165, 1.54) is 22.3 Å². The minimum Gasteiger partial charge on any atom is -0.467 e. The second-order valence-electron chi connectivity index (χ2n) is 7.40. The molecule has 2 aromatic carbocycles. The number of fused-ring (bicyclic) bond motifs is 1. The number of hydrogen-bond acceptors (Lipinski definition) is 2. The van der Waals surface area contributed by atoms with Crippen molar-refractivity contribution in [3.05, 3.63) is 94.9 Å². The van der Waals surface area contributed by atoms with Gasteiger partial charge in [0, 0.05) is 11.8 Å². The van der Waals surface area contributed by atoms with Gasteiger partial charge in [0.2, 0.25) is 5.91 Å². The van der Waals surface area contributed by atoms with Crippen molar-refractivity contribution in [2.75, 3.05) is 0 Å². The molecular weight excluding hydrogens is 322 g/mol. The van der Waals surface area contributed by atoms with E-state index in [-0.39, 0.29) is 29.6 Å². The SMILES string of the molecule is C[C@@H]1C2c3ccccc3C(c3ccccc32)[C@H]1C(=O)NCc1ccco1. The molecule has 3 aliphatic rings. The average Bonchev–Trinajstić information content (AvgIpc) is 3.20.